The van der Waals surface area contributed by atoms with Crippen molar-refractivity contribution in [2.75, 3.05) is 14.1 Å². The second kappa shape index (κ2) is 0.455. The Balaban J connectivity index is 2.08. The summed E-state index contributed by atoms with van der Waals surface area (Å²) in [6, 6.07) is 2.29. The Kier molecular flexibility index (Phi) is 0.200. The van der Waals surface area contributed by atoms with Crippen LogP contribution in [0.1, 0.15) is 0 Å². The van der Waals surface area contributed by atoms with Crippen LogP contribution in [0.25, 0.3) is 0 Å². The van der Waals surface area contributed by atoms with E-state index in [4.69, 9.17) is 0 Å². The highest BCUT2D eigenvalue weighted by Crippen LogP contribution is 2.81. The summed E-state index contributed by atoms with van der Waals surface area (Å²) >= 11 is 0. The van der Waals surface area contributed by atoms with Crippen LogP contribution in [0.15, 0.2) is 0 Å². The molecule has 2 saturated heterocycles. The highest BCUT2D eigenvalue weighted by molar-refractivity contribution is 5.32. The van der Waals surface area contributed by atoms with Crippen LogP contribution in [-0.2, 0) is 0 Å². The topological polar surface area (TPSA) is 0 Å². The number of nitrogens with zero attached hydrogens (tertiary/aromatic N) is 1. The summed E-state index contributed by atoms with van der Waals surface area (Å²) in [5, 5.41) is 0. The van der Waals surface area contributed by atoms with Gasteiger partial charge < -0.3 is 4.48 Å². The Morgan fingerprint density at radius 1 is 1.00 bits per heavy atom. The largest absolute Gasteiger partial charge is 0.322 e. The highest BCUT2D eigenvalue weighted by atomic mass is 15.6. The first kappa shape index (κ1) is 3.08. The molecule has 7 heavy (non-hydrogen) atoms. The molecular formula is C6H10N+. The van der Waals surface area contributed by atoms with Crippen molar-refractivity contribution in [1.29, 1.82) is 0 Å². The molecule has 0 N–H and O–H groups in total. The molecule has 0 unspecified atom stereocenters. The van der Waals surface area contributed by atoms with E-state index in [1.54, 1.807) is 0 Å². The van der Waals surface area contributed by atoms with Crippen molar-refractivity contribution in [3.05, 3.63) is 0 Å². The highest BCUT2D eigenvalue weighted by Gasteiger charge is 2.98. The van der Waals surface area contributed by atoms with E-state index in [0.717, 1.165) is 12.1 Å². The predicted molar refractivity (Wildman–Crippen MR) is 26.7 cm³/mol. The van der Waals surface area contributed by atoms with Crippen LogP contribution in [0, 0.1) is 11.8 Å². The summed E-state index contributed by atoms with van der Waals surface area (Å²) < 4.78 is 1.37. The lowest BCUT2D eigenvalue weighted by atomic mass is 10.0. The minimum atomic E-state index is 1.14. The quantitative estimate of drug-likeness (QED) is 0.374. The third kappa shape index (κ3) is 0.120. The van der Waals surface area contributed by atoms with Gasteiger partial charge in [0.1, 0.15) is 12.1 Å². The van der Waals surface area contributed by atoms with Crippen molar-refractivity contribution in [3.63, 3.8) is 0 Å². The van der Waals surface area contributed by atoms with E-state index < -0.39 is 0 Å². The number of quaternary nitrogens is 1. The van der Waals surface area contributed by atoms with Gasteiger partial charge in [-0.25, -0.2) is 0 Å². The summed E-state index contributed by atoms with van der Waals surface area (Å²) in [5.41, 5.74) is 0. The monoisotopic (exact) mass is 96.1 g/mol. The summed E-state index contributed by atoms with van der Waals surface area (Å²) in [5.74, 6) is 2.46. The molecule has 0 aromatic heterocycles. The molecule has 0 aromatic rings. The molecule has 0 atom stereocenters. The van der Waals surface area contributed by atoms with E-state index in [1.807, 2.05) is 0 Å². The molecule has 38 valence electrons. The third-order valence-corrected chi connectivity index (χ3v) is 3.28. The molecule has 0 aromatic carbocycles. The Hall–Kier alpha value is -0.0400. The van der Waals surface area contributed by atoms with E-state index in [9.17, 15) is 0 Å². The van der Waals surface area contributed by atoms with Crippen molar-refractivity contribution in [1.82, 2.24) is 0 Å². The second-order valence-electron chi connectivity index (χ2n) is 3.76. The Morgan fingerprint density at radius 2 is 1.43 bits per heavy atom. The fourth-order valence-electron chi connectivity index (χ4n) is 2.71. The van der Waals surface area contributed by atoms with Gasteiger partial charge in [-0.3, -0.25) is 0 Å². The zero-order valence-electron chi connectivity index (χ0n) is 4.76. The van der Waals surface area contributed by atoms with Gasteiger partial charge >= 0.3 is 0 Å². The lowest BCUT2D eigenvalue weighted by Gasteiger charge is -2.48. The molecule has 2 aliphatic heterocycles. The molecule has 2 aliphatic carbocycles. The first-order valence-electron chi connectivity index (χ1n) is 3.08. The first-order valence-corrected chi connectivity index (χ1v) is 3.08. The van der Waals surface area contributed by atoms with Gasteiger partial charge in [-0.15, -0.1) is 0 Å². The first-order chi connectivity index (χ1) is 3.24. The third-order valence-electron chi connectivity index (χ3n) is 3.28. The number of hydrogen-bond donors (Lipinski definition) is 0. The van der Waals surface area contributed by atoms with Crippen molar-refractivity contribution in [2.45, 2.75) is 12.1 Å². The van der Waals surface area contributed by atoms with E-state index in [-0.39, 0.29) is 0 Å². The smallest absolute Gasteiger partial charge is 0.108 e. The van der Waals surface area contributed by atoms with Crippen LogP contribution in [0.2, 0.25) is 0 Å². The van der Waals surface area contributed by atoms with Crippen LogP contribution in [-0.4, -0.2) is 30.7 Å². The minimum absolute atomic E-state index is 1.14. The molecule has 4 rings (SSSR count). The van der Waals surface area contributed by atoms with E-state index in [2.05, 4.69) is 14.1 Å². The molecule has 4 aliphatic rings. The maximum atomic E-state index is 2.36. The summed E-state index contributed by atoms with van der Waals surface area (Å²) in [4.78, 5) is 0. The number of hydrogen-bond acceptors (Lipinski definition) is 0. The maximum Gasteiger partial charge on any atom is 0.108 e. The SMILES string of the molecule is C[N+]1(C)C2C3C2C31. The molecule has 2 saturated carbocycles. The number of rotatable bonds is 0. The van der Waals surface area contributed by atoms with Gasteiger partial charge in [-0.05, 0) is 0 Å². The van der Waals surface area contributed by atoms with Crippen LogP contribution >= 0.6 is 0 Å². The normalized spacial score (nSPS) is 76.3. The predicted octanol–water partition coefficient (Wildman–Crippen LogP) is 0.0732. The summed E-state index contributed by atoms with van der Waals surface area (Å²) in [6.07, 6.45) is 0. The molecule has 0 spiro atoms. The zero-order chi connectivity index (χ0) is 4.81. The molecule has 0 radical (unpaired) electrons. The van der Waals surface area contributed by atoms with Crippen LogP contribution < -0.4 is 0 Å². The van der Waals surface area contributed by atoms with Gasteiger partial charge in [-0.1, -0.05) is 0 Å². The Bertz CT molecular complexity index is 126. The van der Waals surface area contributed by atoms with Gasteiger partial charge in [0, 0.05) is 0 Å². The zero-order valence-corrected chi connectivity index (χ0v) is 4.76. The van der Waals surface area contributed by atoms with Gasteiger partial charge in [0.05, 0.1) is 25.9 Å². The summed E-state index contributed by atoms with van der Waals surface area (Å²) in [7, 11) is 4.71. The standard InChI is InChI=1S/C6H10N/c1-7(2)5-3-4(5)6(3)7/h3-6H,1-2H3/q+1. The van der Waals surface area contributed by atoms with Crippen LogP contribution in [0.5, 0.6) is 0 Å². The summed E-state index contributed by atoms with van der Waals surface area (Å²) in [6.45, 7) is 0. The lowest BCUT2D eigenvalue weighted by molar-refractivity contribution is -0.985. The van der Waals surface area contributed by atoms with Gasteiger partial charge in [0.25, 0.3) is 0 Å². The van der Waals surface area contributed by atoms with Gasteiger partial charge in [0.2, 0.25) is 0 Å². The Morgan fingerprint density at radius 3 is 1.43 bits per heavy atom. The van der Waals surface area contributed by atoms with E-state index >= 15 is 0 Å². The molecule has 1 heteroatoms. The van der Waals surface area contributed by atoms with Gasteiger partial charge in [0.15, 0.2) is 0 Å². The fraction of sp³-hybridized carbons (Fsp3) is 1.00. The average molecular weight is 96.2 g/mol. The molecular weight excluding hydrogens is 86.1 g/mol. The molecule has 4 fully saturated rings. The lowest BCUT2D eigenvalue weighted by Crippen LogP contribution is -2.64. The molecule has 1 nitrogen and oxygen atoms in total. The van der Waals surface area contributed by atoms with Gasteiger partial charge in [-0.2, -0.15) is 0 Å². The second-order valence-corrected chi connectivity index (χ2v) is 3.76. The van der Waals surface area contributed by atoms with E-state index in [1.165, 1.54) is 16.3 Å². The maximum absolute atomic E-state index is 2.36. The van der Waals surface area contributed by atoms with Crippen LogP contribution in [0.4, 0.5) is 0 Å². The van der Waals surface area contributed by atoms with Crippen molar-refractivity contribution >= 4 is 0 Å². The van der Waals surface area contributed by atoms with Crippen molar-refractivity contribution in [3.8, 4) is 0 Å². The molecule has 2 heterocycles. The molecule has 0 amide bonds. The van der Waals surface area contributed by atoms with Crippen LogP contribution in [0.3, 0.4) is 0 Å². The van der Waals surface area contributed by atoms with Crippen molar-refractivity contribution < 1.29 is 4.48 Å². The minimum Gasteiger partial charge on any atom is -0.322 e. The van der Waals surface area contributed by atoms with E-state index in [0.29, 0.717) is 0 Å². The average Bonchev–Trinajstić information content (AvgIpc) is 2.04. The molecule has 2 bridgehead atoms. The fourth-order valence-corrected chi connectivity index (χ4v) is 2.71. The van der Waals surface area contributed by atoms with Crippen molar-refractivity contribution in [2.24, 2.45) is 11.8 Å². The Labute approximate surface area is 43.5 Å².